The van der Waals surface area contributed by atoms with E-state index >= 15 is 0 Å². The van der Waals surface area contributed by atoms with E-state index < -0.39 is 0 Å². The summed E-state index contributed by atoms with van der Waals surface area (Å²) in [6.07, 6.45) is 4.65. The van der Waals surface area contributed by atoms with E-state index in [4.69, 9.17) is 0 Å². The van der Waals surface area contributed by atoms with Crippen LogP contribution in [0.5, 0.6) is 0 Å². The highest BCUT2D eigenvalue weighted by molar-refractivity contribution is 6.05. The van der Waals surface area contributed by atoms with Crippen molar-refractivity contribution in [3.63, 3.8) is 0 Å². The number of aliphatic hydroxyl groups excluding tert-OH is 1. The molecule has 0 saturated heterocycles. The molecular weight excluding hydrogens is 448 g/mol. The molecule has 0 aliphatic heterocycles. The topological polar surface area (TPSA) is 20.2 Å². The third kappa shape index (κ3) is 6.48. The van der Waals surface area contributed by atoms with Crippen LogP contribution in [0.4, 0.5) is 0 Å². The molecule has 1 unspecified atom stereocenters. The van der Waals surface area contributed by atoms with Crippen LogP contribution in [0.25, 0.3) is 16.3 Å². The predicted molar refractivity (Wildman–Crippen MR) is 162 cm³/mol. The Morgan fingerprint density at radius 1 is 0.703 bits per heavy atom. The minimum atomic E-state index is -0.343. The van der Waals surface area contributed by atoms with Crippen molar-refractivity contribution in [1.82, 2.24) is 0 Å². The SMILES string of the molecule is CC.Cc1cc2c(c3ccccc13)C1=CCC(O)C=C1C2(C)C.Cc1ccccc1.Cc1ccccc1. The highest BCUT2D eigenvalue weighted by atomic mass is 16.3. The van der Waals surface area contributed by atoms with Crippen molar-refractivity contribution in [3.05, 3.63) is 137 Å². The van der Waals surface area contributed by atoms with Crippen LogP contribution in [0.15, 0.2) is 109 Å². The second kappa shape index (κ2) is 12.7. The van der Waals surface area contributed by atoms with Crippen molar-refractivity contribution in [1.29, 1.82) is 0 Å². The Hall–Kier alpha value is -3.42. The van der Waals surface area contributed by atoms with Gasteiger partial charge in [-0.15, -0.1) is 0 Å². The van der Waals surface area contributed by atoms with Crippen LogP contribution in [-0.4, -0.2) is 11.2 Å². The Kier molecular flexibility index (Phi) is 9.66. The molecule has 4 aromatic carbocycles. The molecule has 37 heavy (non-hydrogen) atoms. The summed E-state index contributed by atoms with van der Waals surface area (Å²) in [7, 11) is 0. The molecular formula is C36H42O. The number of hydrogen-bond acceptors (Lipinski definition) is 1. The molecule has 0 aromatic heterocycles. The monoisotopic (exact) mass is 490 g/mol. The normalized spacial score (nSPS) is 16.3. The van der Waals surface area contributed by atoms with Crippen molar-refractivity contribution >= 4 is 16.3 Å². The molecule has 0 radical (unpaired) electrons. The van der Waals surface area contributed by atoms with E-state index in [-0.39, 0.29) is 11.5 Å². The van der Waals surface area contributed by atoms with Crippen molar-refractivity contribution in [2.75, 3.05) is 0 Å². The third-order valence-corrected chi connectivity index (χ3v) is 6.96. The molecule has 1 N–H and O–H groups in total. The molecule has 2 aliphatic rings. The number of aryl methyl sites for hydroxylation is 3. The van der Waals surface area contributed by atoms with Gasteiger partial charge in [0.15, 0.2) is 0 Å². The predicted octanol–water partition coefficient (Wildman–Crippen LogP) is 9.53. The van der Waals surface area contributed by atoms with E-state index in [9.17, 15) is 5.11 Å². The van der Waals surface area contributed by atoms with Crippen LogP contribution in [-0.2, 0) is 5.41 Å². The molecule has 2 aliphatic carbocycles. The van der Waals surface area contributed by atoms with Crippen LogP contribution in [0.3, 0.4) is 0 Å². The first kappa shape index (κ1) is 28.2. The first-order valence-electron chi connectivity index (χ1n) is 13.5. The molecule has 0 amide bonds. The largest absolute Gasteiger partial charge is 0.389 e. The van der Waals surface area contributed by atoms with Crippen LogP contribution in [0, 0.1) is 20.8 Å². The number of hydrogen-bond donors (Lipinski definition) is 1. The Balaban J connectivity index is 0.000000195. The fourth-order valence-electron chi connectivity index (χ4n) is 5.03. The number of aliphatic hydroxyl groups is 1. The first-order valence-corrected chi connectivity index (χ1v) is 13.5. The summed E-state index contributed by atoms with van der Waals surface area (Å²) in [4.78, 5) is 0. The summed E-state index contributed by atoms with van der Waals surface area (Å²) in [5, 5.41) is 12.7. The molecule has 192 valence electrons. The van der Waals surface area contributed by atoms with Crippen LogP contribution < -0.4 is 0 Å². The summed E-state index contributed by atoms with van der Waals surface area (Å²) in [6, 6.07) is 31.5. The molecule has 0 fully saturated rings. The van der Waals surface area contributed by atoms with Gasteiger partial charge in [0.2, 0.25) is 0 Å². The molecule has 0 spiro atoms. The molecule has 1 atom stereocenters. The van der Waals surface area contributed by atoms with Gasteiger partial charge in [-0.3, -0.25) is 0 Å². The van der Waals surface area contributed by atoms with Crippen LogP contribution in [0.1, 0.15) is 61.9 Å². The van der Waals surface area contributed by atoms with Crippen molar-refractivity contribution < 1.29 is 5.11 Å². The fourth-order valence-corrected chi connectivity index (χ4v) is 5.03. The molecule has 1 nitrogen and oxygen atoms in total. The van der Waals surface area contributed by atoms with Crippen molar-refractivity contribution in [2.45, 2.75) is 66.4 Å². The summed E-state index contributed by atoms with van der Waals surface area (Å²) >= 11 is 0. The average Bonchev–Trinajstić information content (AvgIpc) is 3.13. The zero-order valence-corrected chi connectivity index (χ0v) is 23.5. The van der Waals surface area contributed by atoms with E-state index in [1.807, 2.05) is 50.2 Å². The van der Waals surface area contributed by atoms with E-state index in [1.54, 1.807) is 0 Å². The maximum absolute atomic E-state index is 10.0. The molecule has 0 heterocycles. The quantitative estimate of drug-likeness (QED) is 0.260. The van der Waals surface area contributed by atoms with Gasteiger partial charge in [-0.05, 0) is 65.8 Å². The Labute approximate surface area is 224 Å². The summed E-state index contributed by atoms with van der Waals surface area (Å²) in [5.74, 6) is 0. The van der Waals surface area contributed by atoms with Gasteiger partial charge in [-0.25, -0.2) is 0 Å². The van der Waals surface area contributed by atoms with Crippen molar-refractivity contribution in [3.8, 4) is 0 Å². The van der Waals surface area contributed by atoms with E-state index in [2.05, 4.69) is 101 Å². The van der Waals surface area contributed by atoms with Crippen LogP contribution in [0.2, 0.25) is 0 Å². The second-order valence-corrected chi connectivity index (χ2v) is 10.1. The average molecular weight is 491 g/mol. The Bertz CT molecular complexity index is 1320. The smallest absolute Gasteiger partial charge is 0.0761 e. The molecule has 0 bridgehead atoms. The highest BCUT2D eigenvalue weighted by Crippen LogP contribution is 2.53. The maximum atomic E-state index is 10.0. The van der Waals surface area contributed by atoms with E-state index in [0.717, 1.165) is 6.42 Å². The third-order valence-electron chi connectivity index (χ3n) is 6.96. The first-order chi connectivity index (χ1) is 17.8. The summed E-state index contributed by atoms with van der Waals surface area (Å²) in [5.41, 5.74) is 9.33. The Morgan fingerprint density at radius 3 is 1.68 bits per heavy atom. The summed E-state index contributed by atoms with van der Waals surface area (Å²) in [6.45, 7) is 14.9. The lowest BCUT2D eigenvalue weighted by molar-refractivity contribution is 0.224. The molecule has 1 heteroatoms. The van der Waals surface area contributed by atoms with Gasteiger partial charge in [-0.2, -0.15) is 0 Å². The van der Waals surface area contributed by atoms with E-state index in [0.29, 0.717) is 0 Å². The number of allylic oxidation sites excluding steroid dienone is 2. The lowest BCUT2D eigenvalue weighted by Gasteiger charge is -2.25. The van der Waals surface area contributed by atoms with E-state index in [1.165, 1.54) is 49.7 Å². The lowest BCUT2D eigenvalue weighted by Crippen LogP contribution is -2.19. The number of rotatable bonds is 0. The Morgan fingerprint density at radius 2 is 1.19 bits per heavy atom. The van der Waals surface area contributed by atoms with Gasteiger partial charge >= 0.3 is 0 Å². The van der Waals surface area contributed by atoms with Gasteiger partial charge in [0.05, 0.1) is 6.10 Å². The molecule has 4 aromatic rings. The van der Waals surface area contributed by atoms with Gasteiger partial charge in [-0.1, -0.05) is 142 Å². The lowest BCUT2D eigenvalue weighted by atomic mass is 9.79. The second-order valence-electron chi connectivity index (χ2n) is 10.1. The minimum Gasteiger partial charge on any atom is -0.389 e. The zero-order chi connectivity index (χ0) is 27.0. The van der Waals surface area contributed by atoms with Gasteiger partial charge in [0, 0.05) is 5.41 Å². The number of benzene rings is 4. The van der Waals surface area contributed by atoms with Gasteiger partial charge in [0.25, 0.3) is 0 Å². The fraction of sp³-hybridized carbons (Fsp3) is 0.278. The minimum absolute atomic E-state index is 0.0304. The van der Waals surface area contributed by atoms with Crippen LogP contribution >= 0.6 is 0 Å². The highest BCUT2D eigenvalue weighted by Gasteiger charge is 2.40. The number of fused-ring (bicyclic) bond motifs is 5. The standard InChI is InChI=1S/C20H20O.2C7H8.C2H6/c1-12-10-18-19(15-7-5-4-6-14(12)15)16-9-8-13(21)11-17(16)20(18,2)3;2*1-7-5-3-2-4-6-7;1-2/h4-7,9-11,13,21H,8H2,1-3H3;2*2-6H,1H3;1-2H3. The summed E-state index contributed by atoms with van der Waals surface area (Å²) < 4.78 is 0. The van der Waals surface area contributed by atoms with Gasteiger partial charge < -0.3 is 5.11 Å². The molecule has 6 rings (SSSR count). The van der Waals surface area contributed by atoms with Gasteiger partial charge in [0.1, 0.15) is 0 Å². The molecule has 0 saturated carbocycles. The maximum Gasteiger partial charge on any atom is 0.0761 e. The van der Waals surface area contributed by atoms with Crippen molar-refractivity contribution in [2.24, 2.45) is 0 Å². The zero-order valence-electron chi connectivity index (χ0n) is 23.5.